The quantitative estimate of drug-likeness (QED) is 0.360. The molecule has 1 aliphatic heterocycles. The number of nitrogens with one attached hydrogen (secondary N) is 4. The molecule has 2 aromatic carbocycles. The highest BCUT2D eigenvalue weighted by Gasteiger charge is 2.30. The molecule has 12 heteroatoms. The standard InChI is InChI=1S/C28H31FN6O5/c1-35-12-13-40-24-5-3-2-4-21(24)26(37)34-22(27(38)31-11-10-18-6-8-19(29)9-7-18)15-25(36)33-23(28(35)39)14-20-16-30-17-32-20/h2-9,16-17,22-23H,10-15H2,1H3,(H,30,32)(H,31,38)(H,33,36)(H,34,37)/t22-,23-/m0/s1. The van der Waals surface area contributed by atoms with Gasteiger partial charge in [-0.15, -0.1) is 0 Å². The van der Waals surface area contributed by atoms with Gasteiger partial charge in [0.2, 0.25) is 17.7 Å². The van der Waals surface area contributed by atoms with E-state index in [0.717, 1.165) is 5.56 Å². The lowest BCUT2D eigenvalue weighted by atomic mass is 10.1. The molecule has 0 spiro atoms. The highest BCUT2D eigenvalue weighted by atomic mass is 19.1. The monoisotopic (exact) mass is 550 g/mol. The summed E-state index contributed by atoms with van der Waals surface area (Å²) < 4.78 is 19.0. The van der Waals surface area contributed by atoms with E-state index in [1.165, 1.54) is 23.4 Å². The van der Waals surface area contributed by atoms with Gasteiger partial charge in [-0.25, -0.2) is 9.37 Å². The van der Waals surface area contributed by atoms with E-state index in [-0.39, 0.29) is 49.2 Å². The van der Waals surface area contributed by atoms with Crippen molar-refractivity contribution in [2.75, 3.05) is 26.7 Å². The molecule has 0 saturated heterocycles. The normalized spacial score (nSPS) is 18.6. The highest BCUT2D eigenvalue weighted by molar-refractivity contribution is 6.01. The molecule has 0 unspecified atom stereocenters. The Bertz CT molecular complexity index is 1330. The second-order valence-corrected chi connectivity index (χ2v) is 9.40. The average molecular weight is 551 g/mol. The molecule has 40 heavy (non-hydrogen) atoms. The second-order valence-electron chi connectivity index (χ2n) is 9.40. The molecule has 2 atom stereocenters. The van der Waals surface area contributed by atoms with Gasteiger partial charge in [-0.05, 0) is 36.2 Å². The smallest absolute Gasteiger partial charge is 0.255 e. The molecule has 1 aliphatic rings. The number of carbonyl (C=O) groups is 4. The molecule has 3 aromatic rings. The predicted molar refractivity (Wildman–Crippen MR) is 143 cm³/mol. The number of hydrogen-bond acceptors (Lipinski definition) is 6. The average Bonchev–Trinajstić information content (AvgIpc) is 3.46. The summed E-state index contributed by atoms with van der Waals surface area (Å²) in [4.78, 5) is 61.1. The first kappa shape index (κ1) is 28.3. The van der Waals surface area contributed by atoms with Crippen LogP contribution in [-0.2, 0) is 27.2 Å². The van der Waals surface area contributed by atoms with Crippen molar-refractivity contribution in [1.82, 2.24) is 30.8 Å². The SMILES string of the molecule is CN1CCOc2ccccc2C(=O)N[C@H](C(=O)NCCc2ccc(F)cc2)CC(=O)N[C@@H](Cc2cnc[nH]2)C1=O. The van der Waals surface area contributed by atoms with Crippen molar-refractivity contribution < 1.29 is 28.3 Å². The summed E-state index contributed by atoms with van der Waals surface area (Å²) >= 11 is 0. The van der Waals surface area contributed by atoms with Gasteiger partial charge in [0.1, 0.15) is 30.3 Å². The van der Waals surface area contributed by atoms with Crippen molar-refractivity contribution in [3.8, 4) is 5.75 Å². The van der Waals surface area contributed by atoms with Crippen LogP contribution in [0.4, 0.5) is 4.39 Å². The lowest BCUT2D eigenvalue weighted by Gasteiger charge is -2.26. The summed E-state index contributed by atoms with van der Waals surface area (Å²) in [6.07, 6.45) is 3.19. The van der Waals surface area contributed by atoms with Crippen LogP contribution in [-0.4, -0.2) is 77.3 Å². The lowest BCUT2D eigenvalue weighted by molar-refractivity contribution is -0.136. The van der Waals surface area contributed by atoms with Crippen LogP contribution in [0.2, 0.25) is 0 Å². The number of hydrogen-bond donors (Lipinski definition) is 4. The number of H-pyrrole nitrogens is 1. The predicted octanol–water partition coefficient (Wildman–Crippen LogP) is 0.975. The minimum atomic E-state index is -1.24. The fourth-order valence-electron chi connectivity index (χ4n) is 4.25. The van der Waals surface area contributed by atoms with E-state index in [2.05, 4.69) is 25.9 Å². The third kappa shape index (κ3) is 7.65. The molecule has 1 aromatic heterocycles. The Hall–Kier alpha value is -4.74. The van der Waals surface area contributed by atoms with Crippen LogP contribution in [0.1, 0.15) is 28.0 Å². The molecule has 2 heterocycles. The van der Waals surface area contributed by atoms with E-state index >= 15 is 0 Å². The van der Waals surface area contributed by atoms with E-state index in [1.54, 1.807) is 49.6 Å². The number of imidazole rings is 1. The summed E-state index contributed by atoms with van der Waals surface area (Å²) in [5.74, 6) is -2.18. The Balaban J connectivity index is 1.54. The van der Waals surface area contributed by atoms with Crippen molar-refractivity contribution in [2.24, 2.45) is 0 Å². The van der Waals surface area contributed by atoms with Crippen molar-refractivity contribution in [3.05, 3.63) is 83.7 Å². The Labute approximate surface area is 230 Å². The topological polar surface area (TPSA) is 146 Å². The number of halogens is 1. The number of carbonyl (C=O) groups excluding carboxylic acids is 4. The van der Waals surface area contributed by atoms with Gasteiger partial charge in [0.15, 0.2) is 0 Å². The van der Waals surface area contributed by atoms with Gasteiger partial charge in [-0.1, -0.05) is 24.3 Å². The van der Waals surface area contributed by atoms with Gasteiger partial charge >= 0.3 is 0 Å². The molecule has 0 fully saturated rings. The van der Waals surface area contributed by atoms with Crippen LogP contribution in [0.15, 0.2) is 61.1 Å². The van der Waals surface area contributed by atoms with Gasteiger partial charge in [0.05, 0.1) is 24.9 Å². The Kier molecular flexibility index (Phi) is 9.44. The number of likely N-dealkylation sites (N-methyl/N-ethyl adjacent to an activating group) is 1. The first-order chi connectivity index (χ1) is 19.3. The van der Waals surface area contributed by atoms with Gasteiger partial charge in [0, 0.05) is 31.9 Å². The Morgan fingerprint density at radius 3 is 2.65 bits per heavy atom. The van der Waals surface area contributed by atoms with E-state index in [0.29, 0.717) is 12.1 Å². The molecule has 0 saturated carbocycles. The Morgan fingerprint density at radius 2 is 1.90 bits per heavy atom. The van der Waals surface area contributed by atoms with E-state index < -0.39 is 36.2 Å². The molecule has 0 bridgehead atoms. The summed E-state index contributed by atoms with van der Waals surface area (Å²) in [6.45, 7) is 0.512. The summed E-state index contributed by atoms with van der Waals surface area (Å²) in [5.41, 5.74) is 1.64. The maximum Gasteiger partial charge on any atom is 0.255 e. The Morgan fingerprint density at radius 1 is 1.12 bits per heavy atom. The summed E-state index contributed by atoms with van der Waals surface area (Å²) in [5, 5.41) is 8.08. The lowest BCUT2D eigenvalue weighted by Crippen LogP contribution is -2.53. The minimum Gasteiger partial charge on any atom is -0.491 e. The van der Waals surface area contributed by atoms with Gasteiger partial charge < -0.3 is 30.6 Å². The number of para-hydroxylation sites is 1. The maximum atomic E-state index is 13.2. The molecule has 4 amide bonds. The fourth-order valence-corrected chi connectivity index (χ4v) is 4.25. The third-order valence-corrected chi connectivity index (χ3v) is 6.44. The van der Waals surface area contributed by atoms with Crippen LogP contribution in [0.25, 0.3) is 0 Å². The fraction of sp³-hybridized carbons (Fsp3) is 0.321. The van der Waals surface area contributed by atoms with Crippen molar-refractivity contribution >= 4 is 23.6 Å². The van der Waals surface area contributed by atoms with Crippen LogP contribution >= 0.6 is 0 Å². The number of aromatic amines is 1. The molecule has 0 aliphatic carbocycles. The largest absolute Gasteiger partial charge is 0.491 e. The first-order valence-corrected chi connectivity index (χ1v) is 12.9. The van der Waals surface area contributed by atoms with Crippen LogP contribution < -0.4 is 20.7 Å². The molecule has 11 nitrogen and oxygen atoms in total. The van der Waals surface area contributed by atoms with Crippen LogP contribution in [0.3, 0.4) is 0 Å². The van der Waals surface area contributed by atoms with Crippen LogP contribution in [0.5, 0.6) is 5.75 Å². The number of fused-ring (bicyclic) bond motifs is 1. The first-order valence-electron chi connectivity index (χ1n) is 12.9. The molecular weight excluding hydrogens is 519 g/mol. The summed E-state index contributed by atoms with van der Waals surface area (Å²) in [7, 11) is 1.60. The molecular formula is C28H31FN6O5. The molecule has 4 N–H and O–H groups in total. The number of benzene rings is 2. The summed E-state index contributed by atoms with van der Waals surface area (Å²) in [6, 6.07) is 10.2. The third-order valence-electron chi connectivity index (χ3n) is 6.44. The van der Waals surface area contributed by atoms with E-state index in [9.17, 15) is 23.6 Å². The van der Waals surface area contributed by atoms with E-state index in [4.69, 9.17) is 4.74 Å². The molecule has 210 valence electrons. The zero-order valence-electron chi connectivity index (χ0n) is 22.0. The number of aromatic nitrogens is 2. The highest BCUT2D eigenvalue weighted by Crippen LogP contribution is 2.18. The van der Waals surface area contributed by atoms with Crippen molar-refractivity contribution in [2.45, 2.75) is 31.3 Å². The van der Waals surface area contributed by atoms with Crippen LogP contribution in [0, 0.1) is 5.82 Å². The second kappa shape index (κ2) is 13.4. The van der Waals surface area contributed by atoms with Crippen molar-refractivity contribution in [3.63, 3.8) is 0 Å². The van der Waals surface area contributed by atoms with Gasteiger partial charge in [0.25, 0.3) is 5.91 Å². The number of rotatable bonds is 6. The van der Waals surface area contributed by atoms with Gasteiger partial charge in [-0.2, -0.15) is 0 Å². The zero-order chi connectivity index (χ0) is 28.5. The van der Waals surface area contributed by atoms with Gasteiger partial charge in [-0.3, -0.25) is 19.2 Å². The number of amides is 4. The maximum absolute atomic E-state index is 13.2. The minimum absolute atomic E-state index is 0.102. The van der Waals surface area contributed by atoms with E-state index in [1.807, 2.05) is 0 Å². The van der Waals surface area contributed by atoms with Crippen molar-refractivity contribution in [1.29, 1.82) is 0 Å². The zero-order valence-corrected chi connectivity index (χ0v) is 22.0. The number of ether oxygens (including phenoxy) is 1. The molecule has 0 radical (unpaired) electrons. The molecule has 4 rings (SSSR count). The number of nitrogens with zero attached hydrogens (tertiary/aromatic N) is 2.